The number of carbonyl (C=O) groups is 1. The summed E-state index contributed by atoms with van der Waals surface area (Å²) in [5, 5.41) is 3.72. The van der Waals surface area contributed by atoms with E-state index in [0.717, 1.165) is 33.1 Å². The zero-order chi connectivity index (χ0) is 16.2. The van der Waals surface area contributed by atoms with Gasteiger partial charge in [0.05, 0.1) is 5.69 Å². The number of nitrogens with one attached hydrogen (secondary N) is 1. The van der Waals surface area contributed by atoms with Crippen LogP contribution in [-0.4, -0.2) is 37.1 Å². The van der Waals surface area contributed by atoms with Crippen molar-refractivity contribution in [3.05, 3.63) is 57.1 Å². The molecule has 0 aromatic heterocycles. The molecule has 1 heterocycles. The molecule has 1 aliphatic heterocycles. The fourth-order valence-corrected chi connectivity index (χ4v) is 3.30. The van der Waals surface area contributed by atoms with Crippen LogP contribution in [0.15, 0.2) is 48.5 Å². The third kappa shape index (κ3) is 4.09. The third-order valence-electron chi connectivity index (χ3n) is 3.86. The minimum atomic E-state index is -0.0418. The first-order chi connectivity index (χ1) is 11.1. The van der Waals surface area contributed by atoms with Crippen LogP contribution in [0.1, 0.15) is 0 Å². The Labute approximate surface area is 154 Å². The number of carbonyl (C=O) groups excluding carboxylic acids is 1. The van der Waals surface area contributed by atoms with Crippen LogP contribution in [0, 0.1) is 3.57 Å². The number of piperazine rings is 1. The van der Waals surface area contributed by atoms with Gasteiger partial charge in [-0.2, -0.15) is 0 Å². The lowest BCUT2D eigenvalue weighted by molar-refractivity contribution is 0.208. The van der Waals surface area contributed by atoms with Gasteiger partial charge in [-0.25, -0.2) is 4.79 Å². The van der Waals surface area contributed by atoms with Crippen molar-refractivity contribution in [1.29, 1.82) is 0 Å². The zero-order valence-corrected chi connectivity index (χ0v) is 15.4. The zero-order valence-electron chi connectivity index (χ0n) is 12.5. The summed E-state index contributed by atoms with van der Waals surface area (Å²) >= 11 is 8.27. The predicted octanol–water partition coefficient (Wildman–Crippen LogP) is 4.30. The molecule has 4 nitrogen and oxygen atoms in total. The number of nitrogens with zero attached hydrogens (tertiary/aromatic N) is 2. The molecule has 0 saturated carbocycles. The van der Waals surface area contributed by atoms with Gasteiger partial charge in [-0.1, -0.05) is 29.8 Å². The van der Waals surface area contributed by atoms with Gasteiger partial charge in [-0.3, -0.25) is 0 Å². The Bertz CT molecular complexity index is 702. The summed E-state index contributed by atoms with van der Waals surface area (Å²) in [5.74, 6) is 0. The first-order valence-electron chi connectivity index (χ1n) is 7.44. The molecule has 23 heavy (non-hydrogen) atoms. The van der Waals surface area contributed by atoms with Gasteiger partial charge in [0, 0.05) is 40.5 Å². The van der Waals surface area contributed by atoms with E-state index in [-0.39, 0.29) is 6.03 Å². The van der Waals surface area contributed by atoms with Crippen molar-refractivity contribution in [1.82, 2.24) is 4.90 Å². The largest absolute Gasteiger partial charge is 0.368 e. The van der Waals surface area contributed by atoms with Crippen LogP contribution in [0.3, 0.4) is 0 Å². The molecule has 2 aromatic rings. The van der Waals surface area contributed by atoms with Gasteiger partial charge in [-0.15, -0.1) is 0 Å². The van der Waals surface area contributed by atoms with Crippen molar-refractivity contribution < 1.29 is 4.79 Å². The number of benzene rings is 2. The number of para-hydroxylation sites is 1. The minimum Gasteiger partial charge on any atom is -0.368 e. The molecule has 0 unspecified atom stereocenters. The minimum absolute atomic E-state index is 0.0418. The summed E-state index contributed by atoms with van der Waals surface area (Å²) in [6.45, 7) is 3.00. The van der Waals surface area contributed by atoms with E-state index in [1.54, 1.807) is 0 Å². The molecule has 0 radical (unpaired) electrons. The summed E-state index contributed by atoms with van der Waals surface area (Å²) in [5.41, 5.74) is 1.96. The molecule has 0 bridgehead atoms. The molecular formula is C17H17ClIN3O. The Morgan fingerprint density at radius 3 is 2.48 bits per heavy atom. The molecule has 1 fully saturated rings. The predicted molar refractivity (Wildman–Crippen MR) is 103 cm³/mol. The van der Waals surface area contributed by atoms with Crippen molar-refractivity contribution >= 4 is 51.6 Å². The van der Waals surface area contributed by atoms with Gasteiger partial charge in [0.25, 0.3) is 0 Å². The van der Waals surface area contributed by atoms with E-state index in [1.807, 2.05) is 53.4 Å². The lowest BCUT2D eigenvalue weighted by atomic mass is 10.2. The molecular weight excluding hydrogens is 425 g/mol. The topological polar surface area (TPSA) is 35.6 Å². The van der Waals surface area contributed by atoms with Crippen LogP contribution in [0.5, 0.6) is 0 Å². The van der Waals surface area contributed by atoms with E-state index in [1.165, 1.54) is 0 Å². The first kappa shape index (κ1) is 16.4. The highest BCUT2D eigenvalue weighted by molar-refractivity contribution is 14.1. The quantitative estimate of drug-likeness (QED) is 0.706. The van der Waals surface area contributed by atoms with Gasteiger partial charge in [-0.05, 0) is 52.9 Å². The SMILES string of the molecule is O=C(Nc1ccccc1I)N1CCN(c2cccc(Cl)c2)CC1. The van der Waals surface area contributed by atoms with Crippen molar-refractivity contribution in [3.8, 4) is 0 Å². The smallest absolute Gasteiger partial charge is 0.321 e. The van der Waals surface area contributed by atoms with Crippen molar-refractivity contribution in [3.63, 3.8) is 0 Å². The number of rotatable bonds is 2. The van der Waals surface area contributed by atoms with Gasteiger partial charge < -0.3 is 15.1 Å². The average Bonchev–Trinajstić information content (AvgIpc) is 2.57. The fourth-order valence-electron chi connectivity index (χ4n) is 2.60. The fraction of sp³-hybridized carbons (Fsp3) is 0.235. The Morgan fingerprint density at radius 1 is 1.04 bits per heavy atom. The molecule has 0 atom stereocenters. The molecule has 120 valence electrons. The first-order valence-corrected chi connectivity index (χ1v) is 8.90. The van der Waals surface area contributed by atoms with Crippen LogP contribution in [0.4, 0.5) is 16.2 Å². The van der Waals surface area contributed by atoms with E-state index < -0.39 is 0 Å². The second-order valence-electron chi connectivity index (χ2n) is 5.36. The van der Waals surface area contributed by atoms with Crippen LogP contribution in [-0.2, 0) is 0 Å². The molecule has 3 rings (SSSR count). The second-order valence-corrected chi connectivity index (χ2v) is 6.96. The Hall–Kier alpha value is -1.47. The van der Waals surface area contributed by atoms with Crippen molar-refractivity contribution in [2.75, 3.05) is 36.4 Å². The van der Waals surface area contributed by atoms with E-state index in [2.05, 4.69) is 32.8 Å². The van der Waals surface area contributed by atoms with Crippen LogP contribution >= 0.6 is 34.2 Å². The highest BCUT2D eigenvalue weighted by Crippen LogP contribution is 2.21. The molecule has 2 aromatic carbocycles. The maximum atomic E-state index is 12.4. The monoisotopic (exact) mass is 441 g/mol. The Kier molecular flexibility index (Phi) is 5.27. The number of hydrogen-bond acceptors (Lipinski definition) is 2. The van der Waals surface area contributed by atoms with Crippen molar-refractivity contribution in [2.24, 2.45) is 0 Å². The van der Waals surface area contributed by atoms with Gasteiger partial charge in [0.15, 0.2) is 0 Å². The summed E-state index contributed by atoms with van der Waals surface area (Å²) in [6.07, 6.45) is 0. The number of halogens is 2. The number of hydrogen-bond donors (Lipinski definition) is 1. The molecule has 6 heteroatoms. The third-order valence-corrected chi connectivity index (χ3v) is 5.03. The maximum Gasteiger partial charge on any atom is 0.321 e. The Morgan fingerprint density at radius 2 is 1.78 bits per heavy atom. The highest BCUT2D eigenvalue weighted by atomic mass is 127. The van der Waals surface area contributed by atoms with Crippen LogP contribution in [0.25, 0.3) is 0 Å². The lowest BCUT2D eigenvalue weighted by Crippen LogP contribution is -2.50. The summed E-state index contributed by atoms with van der Waals surface area (Å²) in [4.78, 5) is 16.5. The van der Waals surface area contributed by atoms with Crippen LogP contribution < -0.4 is 10.2 Å². The van der Waals surface area contributed by atoms with Crippen molar-refractivity contribution in [2.45, 2.75) is 0 Å². The molecule has 1 aliphatic rings. The molecule has 1 N–H and O–H groups in total. The number of anilines is 2. The second kappa shape index (κ2) is 7.40. The van der Waals surface area contributed by atoms with Gasteiger partial charge in [0.1, 0.15) is 0 Å². The molecule has 1 saturated heterocycles. The summed E-state index contributed by atoms with van der Waals surface area (Å²) < 4.78 is 1.04. The molecule has 0 spiro atoms. The van der Waals surface area contributed by atoms with Gasteiger partial charge in [0.2, 0.25) is 0 Å². The highest BCUT2D eigenvalue weighted by Gasteiger charge is 2.21. The standard InChI is InChI=1S/C17H17ClIN3O/c18-13-4-3-5-14(12-13)21-8-10-22(11-9-21)17(23)20-16-7-2-1-6-15(16)19/h1-7,12H,8-11H2,(H,20,23). The average molecular weight is 442 g/mol. The molecule has 2 amide bonds. The number of urea groups is 1. The van der Waals surface area contributed by atoms with Gasteiger partial charge >= 0.3 is 6.03 Å². The van der Waals surface area contributed by atoms with E-state index in [9.17, 15) is 4.79 Å². The lowest BCUT2D eigenvalue weighted by Gasteiger charge is -2.36. The van der Waals surface area contributed by atoms with Crippen LogP contribution in [0.2, 0.25) is 5.02 Å². The maximum absolute atomic E-state index is 12.4. The van der Waals surface area contributed by atoms with E-state index in [4.69, 9.17) is 11.6 Å². The summed E-state index contributed by atoms with van der Waals surface area (Å²) in [6, 6.07) is 15.6. The van der Waals surface area contributed by atoms with E-state index in [0.29, 0.717) is 13.1 Å². The normalized spacial score (nSPS) is 14.7. The van der Waals surface area contributed by atoms with E-state index >= 15 is 0 Å². The summed E-state index contributed by atoms with van der Waals surface area (Å²) in [7, 11) is 0. The Balaban J connectivity index is 1.58. The number of amides is 2. The molecule has 0 aliphatic carbocycles.